The Morgan fingerprint density at radius 1 is 1.22 bits per heavy atom. The summed E-state index contributed by atoms with van der Waals surface area (Å²) in [4.78, 5) is 23.6. The zero-order valence-electron chi connectivity index (χ0n) is 25.3. The van der Waals surface area contributed by atoms with Gasteiger partial charge in [-0.25, -0.2) is 23.4 Å². The second kappa shape index (κ2) is 12.6. The molecule has 234 valence electrons. The van der Waals surface area contributed by atoms with E-state index in [-0.39, 0.29) is 58.7 Å². The number of hydrogen-bond acceptors (Lipinski definition) is 8. The molecule has 0 bridgehead atoms. The van der Waals surface area contributed by atoms with Crippen LogP contribution in [0.5, 0.6) is 11.5 Å². The van der Waals surface area contributed by atoms with Crippen molar-refractivity contribution < 1.29 is 22.7 Å². The molecule has 1 aliphatic heterocycles. The lowest BCUT2D eigenvalue weighted by molar-refractivity contribution is -0.127. The molecule has 1 amide bonds. The van der Waals surface area contributed by atoms with Crippen molar-refractivity contribution in [2.24, 2.45) is 0 Å². The van der Waals surface area contributed by atoms with Crippen LogP contribution in [0, 0.1) is 28.8 Å². The Labute approximate surface area is 258 Å². The van der Waals surface area contributed by atoms with E-state index in [0.717, 1.165) is 18.6 Å². The largest absolute Gasteiger partial charge is 0.454 e. The van der Waals surface area contributed by atoms with E-state index in [1.165, 1.54) is 30.6 Å². The third kappa shape index (κ3) is 6.61. The van der Waals surface area contributed by atoms with E-state index in [1.54, 1.807) is 15.7 Å². The number of halogens is 3. The zero-order chi connectivity index (χ0) is 32.5. The first kappa shape index (κ1) is 31.5. The number of rotatable bonds is 9. The average Bonchev–Trinajstić information content (AvgIpc) is 3.59. The Balaban J connectivity index is 1.45. The van der Waals surface area contributed by atoms with Crippen LogP contribution >= 0.6 is 0 Å². The quantitative estimate of drug-likeness (QED) is 0.185. The number of likely N-dealkylation sites (tertiary alicyclic amines) is 1. The standard InChI is InChI=1S/C32H33F3N8O2/c1-18(2)40-32(3,4)14-19(15-36)31(44)42-12-6-7-20(42)16-43-30-26(29(37)38-17-39-30)28(41-43)22-11-10-21(13-24(22)34)45-25-9-5-8-23(33)27(25)35/h5,8-11,13-14,17-18,20,40H,6-7,12,16H2,1-4H3,(H2,37,38,39). The van der Waals surface area contributed by atoms with Crippen LogP contribution in [0.4, 0.5) is 19.0 Å². The van der Waals surface area contributed by atoms with Gasteiger partial charge in [0.25, 0.3) is 5.91 Å². The number of carbonyl (C=O) groups is 1. The molecule has 1 saturated heterocycles. The lowest BCUT2D eigenvalue weighted by Crippen LogP contribution is -2.44. The molecule has 1 unspecified atom stereocenters. The topological polar surface area (TPSA) is 135 Å². The molecule has 0 aliphatic carbocycles. The highest BCUT2D eigenvalue weighted by Gasteiger charge is 2.33. The van der Waals surface area contributed by atoms with E-state index in [9.17, 15) is 18.8 Å². The maximum Gasteiger partial charge on any atom is 0.264 e. The molecule has 1 aliphatic rings. The van der Waals surface area contributed by atoms with E-state index in [4.69, 9.17) is 10.5 Å². The van der Waals surface area contributed by atoms with Gasteiger partial charge in [0.2, 0.25) is 5.82 Å². The summed E-state index contributed by atoms with van der Waals surface area (Å²) in [5.74, 6) is -3.77. The molecule has 13 heteroatoms. The summed E-state index contributed by atoms with van der Waals surface area (Å²) in [5, 5.41) is 18.2. The van der Waals surface area contributed by atoms with Gasteiger partial charge in [0.15, 0.2) is 17.2 Å². The van der Waals surface area contributed by atoms with Crippen molar-refractivity contribution in [1.82, 2.24) is 30.0 Å². The Morgan fingerprint density at radius 3 is 2.71 bits per heavy atom. The maximum atomic E-state index is 15.5. The molecule has 3 heterocycles. The number of nitrogen functional groups attached to an aromatic ring is 1. The Kier molecular flexibility index (Phi) is 8.79. The average molecular weight is 619 g/mol. The Bertz CT molecular complexity index is 1830. The van der Waals surface area contributed by atoms with Gasteiger partial charge < -0.3 is 20.7 Å². The minimum absolute atomic E-state index is 0.0418. The SMILES string of the molecule is CC(C)NC(C)(C)C=C(C#N)C(=O)N1CCCC1Cn1nc(-c2ccc(Oc3cccc(F)c3F)cc2F)c2c(N)ncnc21. The number of nitriles is 1. The second-order valence-corrected chi connectivity index (χ2v) is 11.8. The van der Waals surface area contributed by atoms with E-state index >= 15 is 4.39 Å². The number of ether oxygens (including phenoxy) is 1. The van der Waals surface area contributed by atoms with Gasteiger partial charge in [0.05, 0.1) is 18.0 Å². The van der Waals surface area contributed by atoms with Crippen LogP contribution in [0.1, 0.15) is 40.5 Å². The highest BCUT2D eigenvalue weighted by atomic mass is 19.2. The van der Waals surface area contributed by atoms with E-state index in [1.807, 2.05) is 27.7 Å². The van der Waals surface area contributed by atoms with Gasteiger partial charge in [0, 0.05) is 29.8 Å². The first-order valence-corrected chi connectivity index (χ1v) is 14.5. The number of fused-ring (bicyclic) bond motifs is 1. The fourth-order valence-corrected chi connectivity index (χ4v) is 5.72. The molecule has 0 saturated carbocycles. The second-order valence-electron chi connectivity index (χ2n) is 11.8. The molecule has 10 nitrogen and oxygen atoms in total. The van der Waals surface area contributed by atoms with Gasteiger partial charge in [-0.15, -0.1) is 0 Å². The first-order chi connectivity index (χ1) is 21.4. The van der Waals surface area contributed by atoms with Gasteiger partial charge >= 0.3 is 0 Å². The molecule has 45 heavy (non-hydrogen) atoms. The highest BCUT2D eigenvalue weighted by molar-refractivity contribution is 5.99. The van der Waals surface area contributed by atoms with Crippen LogP contribution in [0.2, 0.25) is 0 Å². The predicted octanol–water partition coefficient (Wildman–Crippen LogP) is 5.50. The zero-order valence-corrected chi connectivity index (χ0v) is 25.3. The van der Waals surface area contributed by atoms with Crippen LogP contribution < -0.4 is 15.8 Å². The smallest absolute Gasteiger partial charge is 0.264 e. The van der Waals surface area contributed by atoms with Crippen LogP contribution in [-0.2, 0) is 11.3 Å². The number of hydrogen-bond donors (Lipinski definition) is 2. The summed E-state index contributed by atoms with van der Waals surface area (Å²) in [6, 6.07) is 9.18. The molecule has 5 rings (SSSR count). The molecule has 3 N–H and O–H groups in total. The van der Waals surface area contributed by atoms with Crippen LogP contribution in [0.15, 0.2) is 54.4 Å². The Morgan fingerprint density at radius 2 is 2.00 bits per heavy atom. The number of amides is 1. The molecule has 0 spiro atoms. The van der Waals surface area contributed by atoms with Crippen molar-refractivity contribution in [2.75, 3.05) is 12.3 Å². The van der Waals surface area contributed by atoms with Crippen LogP contribution in [0.3, 0.4) is 0 Å². The van der Waals surface area contributed by atoms with Gasteiger partial charge in [0.1, 0.15) is 41.0 Å². The highest BCUT2D eigenvalue weighted by Crippen LogP contribution is 2.35. The number of nitrogens with two attached hydrogens (primary N) is 1. The van der Waals surface area contributed by atoms with Crippen molar-refractivity contribution in [3.8, 4) is 28.8 Å². The molecule has 1 fully saturated rings. The van der Waals surface area contributed by atoms with Crippen molar-refractivity contribution in [3.05, 3.63) is 71.8 Å². The summed E-state index contributed by atoms with van der Waals surface area (Å²) in [7, 11) is 0. The fraction of sp³-hybridized carbons (Fsp3) is 0.344. The van der Waals surface area contributed by atoms with E-state index in [0.29, 0.717) is 24.0 Å². The normalized spacial score (nSPS) is 15.6. The lowest BCUT2D eigenvalue weighted by atomic mass is 9.99. The van der Waals surface area contributed by atoms with Gasteiger partial charge in [-0.1, -0.05) is 19.9 Å². The fourth-order valence-electron chi connectivity index (χ4n) is 5.72. The van der Waals surface area contributed by atoms with E-state index in [2.05, 4.69) is 26.5 Å². The Hall–Kier alpha value is -4.96. The summed E-state index contributed by atoms with van der Waals surface area (Å²) in [6.07, 6.45) is 4.32. The predicted molar refractivity (Wildman–Crippen MR) is 162 cm³/mol. The number of benzene rings is 2. The third-order valence-electron chi connectivity index (χ3n) is 7.44. The molecular weight excluding hydrogens is 585 g/mol. The lowest BCUT2D eigenvalue weighted by Gasteiger charge is -2.28. The maximum absolute atomic E-state index is 15.5. The van der Waals surface area contributed by atoms with Gasteiger partial charge in [-0.3, -0.25) is 4.79 Å². The van der Waals surface area contributed by atoms with Gasteiger partial charge in [-0.05, 0) is 57.0 Å². The monoisotopic (exact) mass is 618 g/mol. The molecule has 4 aromatic rings. The van der Waals surface area contributed by atoms with Crippen LogP contribution in [-0.4, -0.2) is 54.7 Å². The molecule has 2 aromatic heterocycles. The molecule has 1 atom stereocenters. The van der Waals surface area contributed by atoms with Crippen molar-refractivity contribution >= 4 is 22.8 Å². The number of nitrogens with zero attached hydrogens (tertiary/aromatic N) is 6. The molecular formula is C32H33F3N8O2. The summed E-state index contributed by atoms with van der Waals surface area (Å²) >= 11 is 0. The summed E-state index contributed by atoms with van der Waals surface area (Å²) < 4.78 is 50.2. The van der Waals surface area contributed by atoms with E-state index < -0.39 is 23.0 Å². The molecule has 0 radical (unpaired) electrons. The first-order valence-electron chi connectivity index (χ1n) is 14.5. The van der Waals surface area contributed by atoms with Gasteiger partial charge in [-0.2, -0.15) is 14.8 Å². The van der Waals surface area contributed by atoms with Crippen molar-refractivity contribution in [1.29, 1.82) is 5.26 Å². The third-order valence-corrected chi connectivity index (χ3v) is 7.44. The summed E-state index contributed by atoms with van der Waals surface area (Å²) in [5.41, 5.74) is 6.24. The minimum atomic E-state index is -1.19. The minimum Gasteiger partial charge on any atom is -0.454 e. The summed E-state index contributed by atoms with van der Waals surface area (Å²) in [6.45, 7) is 8.46. The van der Waals surface area contributed by atoms with Crippen LogP contribution in [0.25, 0.3) is 22.3 Å². The number of nitrogens with one attached hydrogen (secondary N) is 1. The van der Waals surface area contributed by atoms with Crippen molar-refractivity contribution in [3.63, 3.8) is 0 Å². The number of aromatic nitrogens is 4. The van der Waals surface area contributed by atoms with Crippen molar-refractivity contribution in [2.45, 2.75) is 64.7 Å². The number of carbonyl (C=O) groups excluding carboxylic acids is 1. The molecule has 2 aromatic carbocycles. The number of anilines is 1.